The van der Waals surface area contributed by atoms with Gasteiger partial charge in [-0.25, -0.2) is 9.37 Å². The van der Waals surface area contributed by atoms with Crippen molar-refractivity contribution >= 4 is 16.6 Å². The molecule has 110 valence electrons. The Kier molecular flexibility index (Phi) is 4.26. The number of benzene rings is 1. The Morgan fingerprint density at radius 3 is 2.67 bits per heavy atom. The van der Waals surface area contributed by atoms with Crippen LogP contribution in [0, 0.1) is 0 Å². The highest BCUT2D eigenvalue weighted by molar-refractivity contribution is 5.80. The number of H-pyrrole nitrogens is 1. The molecule has 2 aromatic rings. The number of alkyl halides is 4. The van der Waals surface area contributed by atoms with Crippen molar-refractivity contribution in [1.29, 1.82) is 0 Å². The number of aromatic amines is 1. The largest absolute Gasteiger partial charge is 0.416 e. The lowest BCUT2D eigenvalue weighted by Crippen LogP contribution is -2.04. The minimum atomic E-state index is -4.43. The van der Waals surface area contributed by atoms with Gasteiger partial charge in [-0.3, -0.25) is 0 Å². The molecule has 0 aliphatic carbocycles. The summed E-state index contributed by atoms with van der Waals surface area (Å²) in [7, 11) is 0. The standard InChI is InChI=1S/C15H12F4N2/c1-2-3-4-5-10(9-16)14-20-12-7-6-11(15(17,18)19)8-13(12)21-14/h2-8H,1,9H2,(H,20,21)/b4-3-,10-5+. The molecule has 0 saturated carbocycles. The van der Waals surface area contributed by atoms with Crippen LogP contribution < -0.4 is 0 Å². The van der Waals surface area contributed by atoms with E-state index in [1.807, 2.05) is 0 Å². The Labute approximate surface area is 118 Å². The molecule has 0 radical (unpaired) electrons. The Balaban J connectivity index is 2.44. The summed E-state index contributed by atoms with van der Waals surface area (Å²) in [6, 6.07) is 3.16. The number of rotatable bonds is 4. The molecule has 1 heterocycles. The summed E-state index contributed by atoms with van der Waals surface area (Å²) in [6.45, 7) is 2.70. The first kappa shape index (κ1) is 15.0. The number of allylic oxidation sites excluding steroid dienone is 5. The summed E-state index contributed by atoms with van der Waals surface area (Å²) in [5, 5.41) is 0. The molecule has 6 heteroatoms. The monoisotopic (exact) mass is 296 g/mol. The smallest absolute Gasteiger partial charge is 0.338 e. The first-order valence-corrected chi connectivity index (χ1v) is 6.07. The van der Waals surface area contributed by atoms with Crippen LogP contribution >= 0.6 is 0 Å². The predicted octanol–water partition coefficient (Wildman–Crippen LogP) is 4.68. The Hall–Kier alpha value is -2.37. The molecule has 0 atom stereocenters. The Bertz CT molecular complexity index is 708. The van der Waals surface area contributed by atoms with Crippen LogP contribution in [0.25, 0.3) is 16.6 Å². The van der Waals surface area contributed by atoms with Crippen LogP contribution in [0.15, 0.2) is 49.1 Å². The van der Waals surface area contributed by atoms with Gasteiger partial charge in [0.2, 0.25) is 0 Å². The Morgan fingerprint density at radius 1 is 1.29 bits per heavy atom. The molecule has 2 rings (SSSR count). The van der Waals surface area contributed by atoms with E-state index in [0.717, 1.165) is 12.1 Å². The summed E-state index contributed by atoms with van der Waals surface area (Å²) in [5.74, 6) is 0.209. The van der Waals surface area contributed by atoms with Crippen molar-refractivity contribution in [3.63, 3.8) is 0 Å². The number of hydrogen-bond donors (Lipinski definition) is 1. The summed E-state index contributed by atoms with van der Waals surface area (Å²) >= 11 is 0. The average Bonchev–Trinajstić information content (AvgIpc) is 2.85. The molecule has 0 aliphatic heterocycles. The minimum Gasteiger partial charge on any atom is -0.338 e. The fraction of sp³-hybridized carbons (Fsp3) is 0.133. The van der Waals surface area contributed by atoms with E-state index in [9.17, 15) is 17.6 Å². The highest BCUT2D eigenvalue weighted by atomic mass is 19.4. The van der Waals surface area contributed by atoms with Crippen molar-refractivity contribution in [3.8, 4) is 0 Å². The van der Waals surface area contributed by atoms with E-state index in [1.165, 1.54) is 18.2 Å². The van der Waals surface area contributed by atoms with Gasteiger partial charge in [-0.1, -0.05) is 30.9 Å². The summed E-state index contributed by atoms with van der Waals surface area (Å²) in [4.78, 5) is 6.80. The Morgan fingerprint density at radius 2 is 2.05 bits per heavy atom. The van der Waals surface area contributed by atoms with Crippen LogP contribution in [0.5, 0.6) is 0 Å². The number of hydrogen-bond acceptors (Lipinski definition) is 1. The van der Waals surface area contributed by atoms with Crippen LogP contribution in [0.1, 0.15) is 11.4 Å². The van der Waals surface area contributed by atoms with Crippen molar-refractivity contribution in [3.05, 3.63) is 60.5 Å². The maximum Gasteiger partial charge on any atom is 0.416 e. The number of nitrogens with one attached hydrogen (secondary N) is 1. The van der Waals surface area contributed by atoms with Gasteiger partial charge in [0.15, 0.2) is 0 Å². The molecule has 1 aromatic heterocycles. The van der Waals surface area contributed by atoms with Crippen molar-refractivity contribution in [2.24, 2.45) is 0 Å². The maximum absolute atomic E-state index is 13.0. The van der Waals surface area contributed by atoms with Crippen molar-refractivity contribution in [2.45, 2.75) is 6.18 Å². The predicted molar refractivity (Wildman–Crippen MR) is 74.4 cm³/mol. The van der Waals surface area contributed by atoms with Crippen LogP contribution in [0.2, 0.25) is 0 Å². The molecule has 2 nitrogen and oxygen atoms in total. The number of imidazole rings is 1. The van der Waals surface area contributed by atoms with Gasteiger partial charge < -0.3 is 4.98 Å². The quantitative estimate of drug-likeness (QED) is 0.644. The van der Waals surface area contributed by atoms with E-state index in [0.29, 0.717) is 5.52 Å². The molecule has 0 amide bonds. The topological polar surface area (TPSA) is 28.7 Å². The molecule has 0 spiro atoms. The average molecular weight is 296 g/mol. The van der Waals surface area contributed by atoms with Gasteiger partial charge in [-0.2, -0.15) is 13.2 Å². The number of aromatic nitrogens is 2. The summed E-state index contributed by atoms with van der Waals surface area (Å²) < 4.78 is 50.9. The third-order valence-electron chi connectivity index (χ3n) is 2.80. The fourth-order valence-electron chi connectivity index (χ4n) is 1.78. The molecule has 0 aliphatic rings. The lowest BCUT2D eigenvalue weighted by molar-refractivity contribution is -0.137. The highest BCUT2D eigenvalue weighted by Crippen LogP contribution is 2.31. The highest BCUT2D eigenvalue weighted by Gasteiger charge is 2.30. The zero-order valence-electron chi connectivity index (χ0n) is 10.9. The van der Waals surface area contributed by atoms with Crippen molar-refractivity contribution in [1.82, 2.24) is 9.97 Å². The normalized spacial score (nSPS) is 13.2. The molecule has 0 bridgehead atoms. The molecule has 21 heavy (non-hydrogen) atoms. The van der Waals surface area contributed by atoms with Crippen molar-refractivity contribution in [2.75, 3.05) is 6.67 Å². The van der Waals surface area contributed by atoms with E-state index in [-0.39, 0.29) is 16.9 Å². The molecule has 0 saturated heterocycles. The molecule has 0 unspecified atom stereocenters. The van der Waals surface area contributed by atoms with Gasteiger partial charge in [-0.05, 0) is 18.2 Å². The molecule has 1 aromatic carbocycles. The van der Waals surface area contributed by atoms with E-state index in [4.69, 9.17) is 0 Å². The van der Waals surface area contributed by atoms with E-state index in [1.54, 1.807) is 12.2 Å². The van der Waals surface area contributed by atoms with E-state index in [2.05, 4.69) is 16.5 Å². The third kappa shape index (κ3) is 3.39. The number of halogens is 4. The van der Waals surface area contributed by atoms with E-state index < -0.39 is 18.4 Å². The van der Waals surface area contributed by atoms with Gasteiger partial charge in [0.1, 0.15) is 12.5 Å². The minimum absolute atomic E-state index is 0.209. The van der Waals surface area contributed by atoms with Gasteiger partial charge in [0.25, 0.3) is 0 Å². The second-order valence-corrected chi connectivity index (χ2v) is 4.26. The van der Waals surface area contributed by atoms with Gasteiger partial charge in [0.05, 0.1) is 16.6 Å². The second-order valence-electron chi connectivity index (χ2n) is 4.26. The van der Waals surface area contributed by atoms with Crippen LogP contribution in [-0.4, -0.2) is 16.6 Å². The second kappa shape index (κ2) is 5.95. The molecule has 1 N–H and O–H groups in total. The lowest BCUT2D eigenvalue weighted by atomic mass is 10.2. The van der Waals surface area contributed by atoms with E-state index >= 15 is 0 Å². The first-order chi connectivity index (χ1) is 9.95. The first-order valence-electron chi connectivity index (χ1n) is 6.07. The third-order valence-corrected chi connectivity index (χ3v) is 2.80. The van der Waals surface area contributed by atoms with Crippen LogP contribution in [0.4, 0.5) is 17.6 Å². The number of nitrogens with zero attached hydrogens (tertiary/aromatic N) is 1. The fourth-order valence-corrected chi connectivity index (χ4v) is 1.78. The van der Waals surface area contributed by atoms with Gasteiger partial charge >= 0.3 is 6.18 Å². The van der Waals surface area contributed by atoms with Crippen LogP contribution in [-0.2, 0) is 6.18 Å². The van der Waals surface area contributed by atoms with Crippen molar-refractivity contribution < 1.29 is 17.6 Å². The lowest BCUT2D eigenvalue weighted by Gasteiger charge is -2.05. The molecular weight excluding hydrogens is 284 g/mol. The van der Waals surface area contributed by atoms with Gasteiger partial charge in [-0.15, -0.1) is 0 Å². The maximum atomic E-state index is 13.0. The number of fused-ring (bicyclic) bond motifs is 1. The van der Waals surface area contributed by atoms with Gasteiger partial charge in [0, 0.05) is 5.57 Å². The summed E-state index contributed by atoms with van der Waals surface area (Å²) in [6.07, 6.45) is 1.78. The summed E-state index contributed by atoms with van der Waals surface area (Å²) in [5.41, 5.74) is 0.0392. The zero-order valence-corrected chi connectivity index (χ0v) is 10.9. The molecule has 0 fully saturated rings. The zero-order chi connectivity index (χ0) is 15.5. The molecular formula is C15H12F4N2. The SMILES string of the molecule is C=C/C=C\C=C(/CF)c1nc2ccc(C(F)(F)F)cc2[nH]1. The van der Waals surface area contributed by atoms with Crippen LogP contribution in [0.3, 0.4) is 0 Å².